The highest BCUT2D eigenvalue weighted by Gasteiger charge is 2.43. The van der Waals surface area contributed by atoms with Crippen LogP contribution in [0.2, 0.25) is 0 Å². The molecular weight excluding hydrogens is 328 g/mol. The third kappa shape index (κ3) is 3.57. The van der Waals surface area contributed by atoms with E-state index in [0.29, 0.717) is 19.1 Å². The van der Waals surface area contributed by atoms with Gasteiger partial charge in [-0.2, -0.15) is 0 Å². The summed E-state index contributed by atoms with van der Waals surface area (Å²) in [6.45, 7) is 1.19. The summed E-state index contributed by atoms with van der Waals surface area (Å²) in [5.41, 5.74) is 1.11. The molecule has 1 heterocycles. The van der Waals surface area contributed by atoms with E-state index in [4.69, 9.17) is 4.74 Å². The SMILES string of the molecule is COc1ccc([C@H]2CN(C(=O)C3CCCC3)C[C@H]2C(=O)NC2CC2)cc1. The predicted octanol–water partition coefficient (Wildman–Crippen LogP) is 2.71. The second-order valence-corrected chi connectivity index (χ2v) is 7.99. The molecular formula is C21H28N2O3. The van der Waals surface area contributed by atoms with E-state index < -0.39 is 0 Å². The number of ether oxygens (including phenoxy) is 1. The zero-order chi connectivity index (χ0) is 18.1. The highest BCUT2D eigenvalue weighted by Crippen LogP contribution is 2.37. The molecule has 1 aromatic rings. The Hall–Kier alpha value is -2.04. The molecule has 4 rings (SSSR count). The third-order valence-electron chi connectivity index (χ3n) is 6.14. The number of benzene rings is 1. The normalized spacial score (nSPS) is 26.1. The van der Waals surface area contributed by atoms with Crippen molar-refractivity contribution in [1.29, 1.82) is 0 Å². The maximum Gasteiger partial charge on any atom is 0.225 e. The zero-order valence-electron chi connectivity index (χ0n) is 15.4. The fraction of sp³-hybridized carbons (Fsp3) is 0.619. The zero-order valence-corrected chi connectivity index (χ0v) is 15.4. The summed E-state index contributed by atoms with van der Waals surface area (Å²) in [5.74, 6) is 1.23. The predicted molar refractivity (Wildman–Crippen MR) is 98.9 cm³/mol. The molecule has 1 aliphatic heterocycles. The van der Waals surface area contributed by atoms with Crippen molar-refractivity contribution < 1.29 is 14.3 Å². The highest BCUT2D eigenvalue weighted by atomic mass is 16.5. The van der Waals surface area contributed by atoms with Gasteiger partial charge in [-0.05, 0) is 43.4 Å². The average Bonchev–Trinajstić information content (AvgIpc) is 3.16. The van der Waals surface area contributed by atoms with Crippen molar-refractivity contribution in [1.82, 2.24) is 10.2 Å². The van der Waals surface area contributed by atoms with E-state index in [9.17, 15) is 9.59 Å². The molecule has 5 heteroatoms. The fourth-order valence-electron chi connectivity index (χ4n) is 4.41. The molecule has 0 bridgehead atoms. The van der Waals surface area contributed by atoms with Crippen molar-refractivity contribution in [3.05, 3.63) is 29.8 Å². The summed E-state index contributed by atoms with van der Waals surface area (Å²) in [6.07, 6.45) is 6.46. The van der Waals surface area contributed by atoms with Crippen molar-refractivity contribution in [2.24, 2.45) is 11.8 Å². The van der Waals surface area contributed by atoms with Crippen LogP contribution >= 0.6 is 0 Å². The molecule has 1 saturated heterocycles. The van der Waals surface area contributed by atoms with Gasteiger partial charge in [0.2, 0.25) is 11.8 Å². The Kier molecular flexibility index (Phi) is 4.88. The first-order valence-electron chi connectivity index (χ1n) is 9.89. The van der Waals surface area contributed by atoms with E-state index in [0.717, 1.165) is 49.8 Å². The standard InChI is InChI=1S/C21H28N2O3/c1-26-17-10-6-14(7-11-17)18-12-23(21(25)15-4-2-3-5-15)13-19(18)20(24)22-16-8-9-16/h6-7,10-11,15-16,18-19H,2-5,8-9,12-13H2,1H3,(H,22,24)/t18-,19-/m1/s1. The van der Waals surface area contributed by atoms with Gasteiger partial charge in [-0.15, -0.1) is 0 Å². The van der Waals surface area contributed by atoms with Gasteiger partial charge in [0.25, 0.3) is 0 Å². The molecule has 5 nitrogen and oxygen atoms in total. The summed E-state index contributed by atoms with van der Waals surface area (Å²) in [5, 5.41) is 3.15. The smallest absolute Gasteiger partial charge is 0.225 e. The Labute approximate surface area is 155 Å². The Morgan fingerprint density at radius 3 is 2.35 bits per heavy atom. The van der Waals surface area contributed by atoms with Crippen LogP contribution in [0, 0.1) is 11.8 Å². The lowest BCUT2D eigenvalue weighted by Crippen LogP contribution is -2.37. The Bertz CT molecular complexity index is 662. The topological polar surface area (TPSA) is 58.6 Å². The molecule has 1 aromatic carbocycles. The van der Waals surface area contributed by atoms with Crippen LogP contribution in [-0.4, -0.2) is 43.0 Å². The van der Waals surface area contributed by atoms with Gasteiger partial charge < -0.3 is 15.0 Å². The molecule has 2 amide bonds. The molecule has 2 saturated carbocycles. The number of nitrogens with zero attached hydrogens (tertiary/aromatic N) is 1. The van der Waals surface area contributed by atoms with Crippen LogP contribution in [0.5, 0.6) is 5.75 Å². The Balaban J connectivity index is 1.53. The van der Waals surface area contributed by atoms with E-state index >= 15 is 0 Å². The van der Waals surface area contributed by atoms with E-state index in [2.05, 4.69) is 5.32 Å². The number of amides is 2. The molecule has 140 valence electrons. The van der Waals surface area contributed by atoms with Gasteiger partial charge in [-0.1, -0.05) is 25.0 Å². The lowest BCUT2D eigenvalue weighted by atomic mass is 9.88. The molecule has 3 fully saturated rings. The Morgan fingerprint density at radius 2 is 1.73 bits per heavy atom. The first-order valence-corrected chi connectivity index (χ1v) is 9.89. The van der Waals surface area contributed by atoms with E-state index in [1.54, 1.807) is 7.11 Å². The number of likely N-dealkylation sites (tertiary alicyclic amines) is 1. The number of nitrogens with one attached hydrogen (secondary N) is 1. The van der Waals surface area contributed by atoms with Gasteiger partial charge in [0.05, 0.1) is 13.0 Å². The van der Waals surface area contributed by atoms with Crippen LogP contribution in [0.1, 0.15) is 50.0 Å². The minimum atomic E-state index is -0.158. The molecule has 0 unspecified atom stereocenters. The maximum absolute atomic E-state index is 12.9. The monoisotopic (exact) mass is 356 g/mol. The minimum absolute atomic E-state index is 0.0602. The third-order valence-corrected chi connectivity index (χ3v) is 6.14. The van der Waals surface area contributed by atoms with Gasteiger partial charge in [-0.3, -0.25) is 9.59 Å². The molecule has 0 spiro atoms. The first-order chi connectivity index (χ1) is 12.7. The number of carbonyl (C=O) groups is 2. The second kappa shape index (κ2) is 7.29. The molecule has 2 aliphatic carbocycles. The average molecular weight is 356 g/mol. The molecule has 3 aliphatic rings. The van der Waals surface area contributed by atoms with Crippen molar-refractivity contribution in [3.63, 3.8) is 0 Å². The van der Waals surface area contributed by atoms with Gasteiger partial charge in [0, 0.05) is 31.0 Å². The first kappa shape index (κ1) is 17.4. The number of carbonyl (C=O) groups excluding carboxylic acids is 2. The maximum atomic E-state index is 12.9. The highest BCUT2D eigenvalue weighted by molar-refractivity contribution is 5.84. The van der Waals surface area contributed by atoms with E-state index in [1.165, 1.54) is 0 Å². The number of hydrogen-bond acceptors (Lipinski definition) is 3. The van der Waals surface area contributed by atoms with Gasteiger partial charge >= 0.3 is 0 Å². The summed E-state index contributed by atoms with van der Waals surface area (Å²) in [6, 6.07) is 8.28. The van der Waals surface area contributed by atoms with Crippen molar-refractivity contribution in [3.8, 4) is 5.75 Å². The lowest BCUT2D eigenvalue weighted by molar-refractivity contribution is -0.134. The van der Waals surface area contributed by atoms with E-state index in [1.807, 2.05) is 29.2 Å². The van der Waals surface area contributed by atoms with Crippen molar-refractivity contribution in [2.45, 2.75) is 50.5 Å². The number of methoxy groups -OCH3 is 1. The number of hydrogen-bond donors (Lipinski definition) is 1. The largest absolute Gasteiger partial charge is 0.497 e. The van der Waals surface area contributed by atoms with Gasteiger partial charge in [0.1, 0.15) is 5.75 Å². The van der Waals surface area contributed by atoms with Crippen LogP contribution < -0.4 is 10.1 Å². The summed E-state index contributed by atoms with van der Waals surface area (Å²) < 4.78 is 5.25. The molecule has 0 radical (unpaired) electrons. The summed E-state index contributed by atoms with van der Waals surface area (Å²) in [4.78, 5) is 27.7. The second-order valence-electron chi connectivity index (χ2n) is 7.99. The molecule has 0 aromatic heterocycles. The summed E-state index contributed by atoms with van der Waals surface area (Å²) >= 11 is 0. The fourth-order valence-corrected chi connectivity index (χ4v) is 4.41. The lowest BCUT2D eigenvalue weighted by Gasteiger charge is -2.20. The van der Waals surface area contributed by atoms with Crippen LogP contribution in [0.15, 0.2) is 24.3 Å². The summed E-state index contributed by atoms with van der Waals surface area (Å²) in [7, 11) is 1.65. The van der Waals surface area contributed by atoms with Crippen LogP contribution in [-0.2, 0) is 9.59 Å². The Morgan fingerprint density at radius 1 is 1.04 bits per heavy atom. The van der Waals surface area contributed by atoms with Crippen LogP contribution in [0.4, 0.5) is 0 Å². The molecule has 2 atom stereocenters. The van der Waals surface area contributed by atoms with Crippen molar-refractivity contribution in [2.75, 3.05) is 20.2 Å². The van der Waals surface area contributed by atoms with Crippen LogP contribution in [0.25, 0.3) is 0 Å². The minimum Gasteiger partial charge on any atom is -0.497 e. The van der Waals surface area contributed by atoms with Gasteiger partial charge in [-0.25, -0.2) is 0 Å². The van der Waals surface area contributed by atoms with Gasteiger partial charge in [0.15, 0.2) is 0 Å². The van der Waals surface area contributed by atoms with Crippen LogP contribution in [0.3, 0.4) is 0 Å². The number of rotatable bonds is 5. The molecule has 1 N–H and O–H groups in total. The quantitative estimate of drug-likeness (QED) is 0.882. The van der Waals surface area contributed by atoms with E-state index in [-0.39, 0.29) is 29.6 Å². The van der Waals surface area contributed by atoms with Crippen molar-refractivity contribution >= 4 is 11.8 Å². The molecule has 26 heavy (non-hydrogen) atoms.